The second-order valence-corrected chi connectivity index (χ2v) is 3.20. The van der Waals surface area contributed by atoms with Crippen molar-refractivity contribution in [3.05, 3.63) is 18.2 Å². The summed E-state index contributed by atoms with van der Waals surface area (Å²) < 4.78 is 5.12. The zero-order chi connectivity index (χ0) is 10.1. The molecule has 14 heavy (non-hydrogen) atoms. The van der Waals surface area contributed by atoms with Crippen molar-refractivity contribution in [2.45, 2.75) is 13.2 Å². The van der Waals surface area contributed by atoms with E-state index in [1.165, 1.54) is 0 Å². The van der Waals surface area contributed by atoms with Crippen LogP contribution >= 0.6 is 0 Å². The molecule has 2 rings (SSSR count). The topological polar surface area (TPSA) is 72.3 Å². The normalized spacial score (nSPS) is 10.7. The number of fused-ring (bicyclic) bond motifs is 1. The largest absolute Gasteiger partial charge is 0.446 e. The Morgan fingerprint density at radius 2 is 2.36 bits per heavy atom. The van der Waals surface area contributed by atoms with E-state index < -0.39 is 6.92 Å². The Labute approximate surface area is 81.8 Å². The van der Waals surface area contributed by atoms with Crippen LogP contribution in [0.5, 0.6) is 0 Å². The standard InChI is InChI=1S/C9H11BN2O2/c1-2-10(13)6-3-4-8-7(5-6)12-9(11)14-8/h3-5,13H,2H2,1H3,(H2,11,12). The predicted octanol–water partition coefficient (Wildman–Crippen LogP) is 0.621. The SMILES string of the molecule is CCB(O)c1ccc2oc(N)nc2c1. The highest BCUT2D eigenvalue weighted by atomic mass is 16.4. The predicted molar refractivity (Wildman–Crippen MR) is 56.5 cm³/mol. The molecule has 5 heteroatoms. The van der Waals surface area contributed by atoms with Gasteiger partial charge < -0.3 is 15.2 Å². The van der Waals surface area contributed by atoms with Gasteiger partial charge in [-0.15, -0.1) is 0 Å². The molecule has 0 spiro atoms. The molecule has 1 aromatic carbocycles. The number of nitrogen functional groups attached to an aromatic ring is 1. The lowest BCUT2D eigenvalue weighted by Gasteiger charge is -2.01. The minimum absolute atomic E-state index is 0.156. The third-order valence-electron chi connectivity index (χ3n) is 2.20. The summed E-state index contributed by atoms with van der Waals surface area (Å²) in [6.45, 7) is 1.48. The van der Waals surface area contributed by atoms with Crippen molar-refractivity contribution in [2.75, 3.05) is 5.73 Å². The first-order valence-corrected chi connectivity index (χ1v) is 4.54. The second kappa shape index (κ2) is 3.34. The number of hydrogen-bond donors (Lipinski definition) is 2. The fraction of sp³-hybridized carbons (Fsp3) is 0.222. The summed E-state index contributed by atoms with van der Waals surface area (Å²) in [6.07, 6.45) is 0.679. The first kappa shape index (κ1) is 9.08. The summed E-state index contributed by atoms with van der Waals surface area (Å²) in [5.41, 5.74) is 7.59. The van der Waals surface area contributed by atoms with Crippen molar-refractivity contribution >= 4 is 29.5 Å². The van der Waals surface area contributed by atoms with Crippen LogP contribution in [-0.4, -0.2) is 16.9 Å². The number of hydrogen-bond acceptors (Lipinski definition) is 4. The van der Waals surface area contributed by atoms with E-state index in [1.807, 2.05) is 13.0 Å². The van der Waals surface area contributed by atoms with E-state index in [9.17, 15) is 5.02 Å². The molecule has 0 radical (unpaired) electrons. The van der Waals surface area contributed by atoms with Crippen LogP contribution in [0.15, 0.2) is 22.6 Å². The van der Waals surface area contributed by atoms with Crippen molar-refractivity contribution in [3.8, 4) is 0 Å². The summed E-state index contributed by atoms with van der Waals surface area (Å²) in [7, 11) is 0. The number of rotatable bonds is 2. The Balaban J connectivity index is 2.50. The van der Waals surface area contributed by atoms with Gasteiger partial charge in [-0.2, -0.15) is 4.98 Å². The molecule has 0 aliphatic heterocycles. The summed E-state index contributed by atoms with van der Waals surface area (Å²) >= 11 is 0. The lowest BCUT2D eigenvalue weighted by Crippen LogP contribution is -2.28. The monoisotopic (exact) mass is 190 g/mol. The highest BCUT2D eigenvalue weighted by molar-refractivity contribution is 6.66. The molecule has 1 heterocycles. The van der Waals surface area contributed by atoms with Crippen molar-refractivity contribution in [3.63, 3.8) is 0 Å². The average Bonchev–Trinajstić information content (AvgIpc) is 2.55. The minimum atomic E-state index is -0.447. The quantitative estimate of drug-likeness (QED) is 0.680. The third kappa shape index (κ3) is 1.46. The maximum absolute atomic E-state index is 9.61. The summed E-state index contributed by atoms with van der Waals surface area (Å²) in [6, 6.07) is 5.54. The molecule has 3 N–H and O–H groups in total. The van der Waals surface area contributed by atoms with Crippen LogP contribution in [0.3, 0.4) is 0 Å². The second-order valence-electron chi connectivity index (χ2n) is 3.20. The zero-order valence-corrected chi connectivity index (χ0v) is 7.90. The van der Waals surface area contributed by atoms with Crippen LogP contribution in [-0.2, 0) is 0 Å². The fourth-order valence-electron chi connectivity index (χ4n) is 1.41. The number of oxazole rings is 1. The highest BCUT2D eigenvalue weighted by Crippen LogP contribution is 2.14. The number of benzene rings is 1. The van der Waals surface area contributed by atoms with Gasteiger partial charge in [0.2, 0.25) is 0 Å². The van der Waals surface area contributed by atoms with Crippen molar-refractivity contribution in [1.82, 2.24) is 4.98 Å². The number of anilines is 1. The first-order valence-electron chi connectivity index (χ1n) is 4.54. The smallest absolute Gasteiger partial charge is 0.323 e. The van der Waals surface area contributed by atoms with E-state index in [0.717, 1.165) is 5.46 Å². The van der Waals surface area contributed by atoms with Gasteiger partial charge in [-0.3, -0.25) is 0 Å². The van der Waals surface area contributed by atoms with Crippen molar-refractivity contribution < 1.29 is 9.44 Å². The number of aromatic nitrogens is 1. The summed E-state index contributed by atoms with van der Waals surface area (Å²) in [5, 5.41) is 9.61. The van der Waals surface area contributed by atoms with Crippen LogP contribution in [0.25, 0.3) is 11.1 Å². The first-order chi connectivity index (χ1) is 6.70. The molecule has 0 amide bonds. The van der Waals surface area contributed by atoms with E-state index in [4.69, 9.17) is 10.2 Å². The van der Waals surface area contributed by atoms with Gasteiger partial charge in [-0.05, 0) is 23.9 Å². The Kier molecular flexibility index (Phi) is 2.17. The Morgan fingerprint density at radius 3 is 3.07 bits per heavy atom. The Bertz CT molecular complexity index is 455. The minimum Gasteiger partial charge on any atom is -0.446 e. The van der Waals surface area contributed by atoms with Gasteiger partial charge in [0.15, 0.2) is 5.58 Å². The molecule has 4 nitrogen and oxygen atoms in total. The Morgan fingerprint density at radius 1 is 1.57 bits per heavy atom. The maximum Gasteiger partial charge on any atom is 0.323 e. The van der Waals surface area contributed by atoms with Gasteiger partial charge in [0, 0.05) is 0 Å². The van der Waals surface area contributed by atoms with Crippen molar-refractivity contribution in [2.24, 2.45) is 0 Å². The molecule has 0 atom stereocenters. The molecule has 72 valence electrons. The van der Waals surface area contributed by atoms with Gasteiger partial charge in [0.1, 0.15) is 5.52 Å². The summed E-state index contributed by atoms with van der Waals surface area (Å²) in [5.74, 6) is 0. The molecule has 0 saturated heterocycles. The van der Waals surface area contributed by atoms with E-state index in [1.54, 1.807) is 12.1 Å². The average molecular weight is 190 g/mol. The molecule has 0 fully saturated rings. The van der Waals surface area contributed by atoms with Crippen molar-refractivity contribution in [1.29, 1.82) is 0 Å². The molecule has 0 bridgehead atoms. The van der Waals surface area contributed by atoms with Crippen LogP contribution in [0, 0.1) is 0 Å². The van der Waals surface area contributed by atoms with Gasteiger partial charge in [0.05, 0.1) is 0 Å². The highest BCUT2D eigenvalue weighted by Gasteiger charge is 2.12. The lowest BCUT2D eigenvalue weighted by molar-refractivity contribution is 0.586. The Hall–Kier alpha value is -1.49. The van der Waals surface area contributed by atoms with Gasteiger partial charge in [-0.25, -0.2) is 0 Å². The maximum atomic E-state index is 9.61. The van der Waals surface area contributed by atoms with E-state index in [2.05, 4.69) is 4.98 Å². The molecule has 2 aromatic rings. The van der Waals surface area contributed by atoms with Gasteiger partial charge in [-0.1, -0.05) is 13.0 Å². The van der Waals surface area contributed by atoms with E-state index in [-0.39, 0.29) is 6.01 Å². The summed E-state index contributed by atoms with van der Waals surface area (Å²) in [4.78, 5) is 3.99. The fourth-order valence-corrected chi connectivity index (χ4v) is 1.41. The number of nitrogens with two attached hydrogens (primary N) is 1. The zero-order valence-electron chi connectivity index (χ0n) is 7.90. The van der Waals surface area contributed by atoms with Crippen LogP contribution in [0.2, 0.25) is 6.32 Å². The van der Waals surface area contributed by atoms with Crippen LogP contribution < -0.4 is 11.2 Å². The molecule has 1 aromatic heterocycles. The third-order valence-corrected chi connectivity index (χ3v) is 2.20. The van der Waals surface area contributed by atoms with Gasteiger partial charge >= 0.3 is 6.92 Å². The van der Waals surface area contributed by atoms with Crippen LogP contribution in [0.4, 0.5) is 6.01 Å². The number of nitrogens with zero attached hydrogens (tertiary/aromatic N) is 1. The lowest BCUT2D eigenvalue weighted by atomic mass is 9.59. The molecule has 0 unspecified atom stereocenters. The molecule has 0 aliphatic carbocycles. The van der Waals surface area contributed by atoms with Crippen LogP contribution in [0.1, 0.15) is 6.92 Å². The molecule has 0 aliphatic rings. The molecular weight excluding hydrogens is 179 g/mol. The van der Waals surface area contributed by atoms with E-state index in [0.29, 0.717) is 17.4 Å². The van der Waals surface area contributed by atoms with E-state index >= 15 is 0 Å². The molecular formula is C9H11BN2O2. The van der Waals surface area contributed by atoms with Gasteiger partial charge in [0.25, 0.3) is 6.01 Å². The molecule has 0 saturated carbocycles.